The van der Waals surface area contributed by atoms with Crippen LogP contribution in [0.15, 0.2) is 24.3 Å². The summed E-state index contributed by atoms with van der Waals surface area (Å²) in [6.07, 6.45) is 1.90. The molecule has 0 aliphatic rings. The highest BCUT2D eigenvalue weighted by atomic mass is 32.2. The fourth-order valence-corrected chi connectivity index (χ4v) is 3.30. The molecule has 2 unspecified atom stereocenters. The van der Waals surface area contributed by atoms with Gasteiger partial charge < -0.3 is 10.1 Å². The minimum atomic E-state index is -0.802. The molecule has 0 spiro atoms. The minimum absolute atomic E-state index is 0.161. The number of aryl methyl sites for hydroxylation is 1. The second kappa shape index (κ2) is 9.23. The SMILES string of the molecule is CCc1ccc(C(CS(=O)CCCOC)NC)cc1. The average molecular weight is 283 g/mol. The summed E-state index contributed by atoms with van der Waals surface area (Å²) in [6, 6.07) is 8.72. The molecular formula is C15H25NO2S. The van der Waals surface area contributed by atoms with Gasteiger partial charge in [-0.2, -0.15) is 0 Å². The maximum Gasteiger partial charge on any atom is 0.0471 e. The Bertz CT molecular complexity index is 378. The summed E-state index contributed by atoms with van der Waals surface area (Å²) in [5.74, 6) is 1.37. The summed E-state index contributed by atoms with van der Waals surface area (Å²) in [4.78, 5) is 0. The number of hydrogen-bond donors (Lipinski definition) is 1. The molecule has 1 aromatic carbocycles. The lowest BCUT2D eigenvalue weighted by Gasteiger charge is -2.16. The predicted molar refractivity (Wildman–Crippen MR) is 82.0 cm³/mol. The highest BCUT2D eigenvalue weighted by Crippen LogP contribution is 2.15. The molecule has 2 atom stereocenters. The van der Waals surface area contributed by atoms with E-state index in [2.05, 4.69) is 36.5 Å². The number of hydrogen-bond acceptors (Lipinski definition) is 3. The van der Waals surface area contributed by atoms with Crippen LogP contribution >= 0.6 is 0 Å². The molecule has 1 N–H and O–H groups in total. The van der Waals surface area contributed by atoms with E-state index in [-0.39, 0.29) is 6.04 Å². The van der Waals surface area contributed by atoms with E-state index in [4.69, 9.17) is 4.74 Å². The Morgan fingerprint density at radius 2 is 2.00 bits per heavy atom. The molecule has 0 radical (unpaired) electrons. The Balaban J connectivity index is 2.54. The van der Waals surface area contributed by atoms with Gasteiger partial charge in [0.2, 0.25) is 0 Å². The van der Waals surface area contributed by atoms with Crippen LogP contribution in [-0.4, -0.2) is 36.5 Å². The standard InChI is InChI=1S/C15H25NO2S/c1-4-13-6-8-14(9-7-13)15(16-2)12-19(17)11-5-10-18-3/h6-9,15-16H,4-5,10-12H2,1-3H3. The largest absolute Gasteiger partial charge is 0.385 e. The Labute approximate surface area is 119 Å². The molecule has 0 saturated carbocycles. The molecule has 1 aromatic rings. The molecule has 0 saturated heterocycles. The van der Waals surface area contributed by atoms with Gasteiger partial charge in [-0.25, -0.2) is 0 Å². The summed E-state index contributed by atoms with van der Waals surface area (Å²) in [6.45, 7) is 2.83. The van der Waals surface area contributed by atoms with Crippen molar-refractivity contribution in [3.8, 4) is 0 Å². The lowest BCUT2D eigenvalue weighted by Crippen LogP contribution is -2.23. The average Bonchev–Trinajstić information content (AvgIpc) is 2.45. The monoisotopic (exact) mass is 283 g/mol. The normalized spacial score (nSPS) is 14.3. The van der Waals surface area contributed by atoms with Gasteiger partial charge in [0.1, 0.15) is 0 Å². The van der Waals surface area contributed by atoms with Gasteiger partial charge in [0.15, 0.2) is 0 Å². The van der Waals surface area contributed by atoms with E-state index in [9.17, 15) is 4.21 Å². The van der Waals surface area contributed by atoms with E-state index >= 15 is 0 Å². The first-order chi connectivity index (χ1) is 9.21. The lowest BCUT2D eigenvalue weighted by molar-refractivity contribution is 0.200. The van der Waals surface area contributed by atoms with Gasteiger partial charge >= 0.3 is 0 Å². The van der Waals surface area contributed by atoms with Crippen LogP contribution in [0, 0.1) is 0 Å². The number of methoxy groups -OCH3 is 1. The Morgan fingerprint density at radius 1 is 1.32 bits per heavy atom. The van der Waals surface area contributed by atoms with E-state index in [0.29, 0.717) is 18.1 Å². The van der Waals surface area contributed by atoms with Gasteiger partial charge in [0.05, 0.1) is 0 Å². The van der Waals surface area contributed by atoms with Crippen molar-refractivity contribution >= 4 is 10.8 Å². The van der Waals surface area contributed by atoms with Crippen LogP contribution < -0.4 is 5.32 Å². The van der Waals surface area contributed by atoms with Crippen molar-refractivity contribution in [1.29, 1.82) is 0 Å². The van der Waals surface area contributed by atoms with Crippen LogP contribution in [0.3, 0.4) is 0 Å². The zero-order valence-corrected chi connectivity index (χ0v) is 13.0. The van der Waals surface area contributed by atoms with Crippen molar-refractivity contribution in [3.05, 3.63) is 35.4 Å². The van der Waals surface area contributed by atoms with Crippen LogP contribution in [0.4, 0.5) is 0 Å². The molecule has 0 fully saturated rings. The Kier molecular flexibility index (Phi) is 7.94. The van der Waals surface area contributed by atoms with Crippen LogP contribution in [-0.2, 0) is 22.0 Å². The quantitative estimate of drug-likeness (QED) is 0.707. The van der Waals surface area contributed by atoms with Crippen LogP contribution in [0.2, 0.25) is 0 Å². The molecule has 0 aromatic heterocycles. The fraction of sp³-hybridized carbons (Fsp3) is 0.600. The van der Waals surface area contributed by atoms with E-state index in [1.54, 1.807) is 7.11 Å². The molecular weight excluding hydrogens is 258 g/mol. The van der Waals surface area contributed by atoms with Crippen LogP contribution in [0.5, 0.6) is 0 Å². The van der Waals surface area contributed by atoms with E-state index in [1.807, 2.05) is 7.05 Å². The summed E-state index contributed by atoms with van der Waals surface area (Å²) in [5, 5.41) is 3.25. The topological polar surface area (TPSA) is 38.3 Å². The molecule has 0 heterocycles. The molecule has 0 amide bonds. The van der Waals surface area contributed by atoms with Gasteiger partial charge in [0.25, 0.3) is 0 Å². The smallest absolute Gasteiger partial charge is 0.0471 e. The number of rotatable bonds is 9. The third-order valence-corrected chi connectivity index (χ3v) is 4.66. The highest BCUT2D eigenvalue weighted by molar-refractivity contribution is 7.85. The molecule has 1 rings (SSSR count). The van der Waals surface area contributed by atoms with Gasteiger partial charge in [-0.15, -0.1) is 0 Å². The van der Waals surface area contributed by atoms with Crippen molar-refractivity contribution in [2.75, 3.05) is 32.3 Å². The van der Waals surface area contributed by atoms with Gasteiger partial charge in [-0.3, -0.25) is 4.21 Å². The third kappa shape index (κ3) is 5.85. The third-order valence-electron chi connectivity index (χ3n) is 3.21. The summed E-state index contributed by atoms with van der Waals surface area (Å²) in [7, 11) is 2.79. The molecule has 0 aliphatic carbocycles. The fourth-order valence-electron chi connectivity index (χ4n) is 1.97. The van der Waals surface area contributed by atoms with Crippen LogP contribution in [0.1, 0.15) is 30.5 Å². The van der Waals surface area contributed by atoms with Crippen molar-refractivity contribution in [1.82, 2.24) is 5.32 Å². The zero-order valence-electron chi connectivity index (χ0n) is 12.1. The highest BCUT2D eigenvalue weighted by Gasteiger charge is 2.12. The van der Waals surface area contributed by atoms with Gasteiger partial charge in [-0.05, 0) is 31.0 Å². The molecule has 0 aliphatic heterocycles. The van der Waals surface area contributed by atoms with E-state index in [0.717, 1.165) is 12.8 Å². The lowest BCUT2D eigenvalue weighted by atomic mass is 10.1. The minimum Gasteiger partial charge on any atom is -0.385 e. The first-order valence-corrected chi connectivity index (χ1v) is 8.30. The first kappa shape index (κ1) is 16.3. The number of nitrogens with one attached hydrogen (secondary N) is 1. The van der Waals surface area contributed by atoms with Crippen molar-refractivity contribution in [2.45, 2.75) is 25.8 Å². The Morgan fingerprint density at radius 3 is 2.53 bits per heavy atom. The Hall–Kier alpha value is -0.710. The second-order valence-electron chi connectivity index (χ2n) is 4.59. The summed E-state index contributed by atoms with van der Waals surface area (Å²) >= 11 is 0. The summed E-state index contributed by atoms with van der Waals surface area (Å²) in [5.41, 5.74) is 2.54. The first-order valence-electron chi connectivity index (χ1n) is 6.81. The molecule has 3 nitrogen and oxygen atoms in total. The van der Waals surface area contributed by atoms with Crippen molar-refractivity contribution in [2.24, 2.45) is 0 Å². The van der Waals surface area contributed by atoms with E-state index in [1.165, 1.54) is 11.1 Å². The molecule has 4 heteroatoms. The summed E-state index contributed by atoms with van der Waals surface area (Å²) < 4.78 is 17.0. The van der Waals surface area contributed by atoms with Gasteiger partial charge in [-0.1, -0.05) is 31.2 Å². The predicted octanol–water partition coefficient (Wildman–Crippen LogP) is 2.29. The van der Waals surface area contributed by atoms with Gasteiger partial charge in [0, 0.05) is 42.1 Å². The maximum atomic E-state index is 12.0. The zero-order chi connectivity index (χ0) is 14.1. The van der Waals surface area contributed by atoms with Crippen LogP contribution in [0.25, 0.3) is 0 Å². The molecule has 0 bridgehead atoms. The van der Waals surface area contributed by atoms with Crippen molar-refractivity contribution < 1.29 is 8.95 Å². The molecule has 108 valence electrons. The van der Waals surface area contributed by atoms with E-state index < -0.39 is 10.8 Å². The maximum absolute atomic E-state index is 12.0. The molecule has 19 heavy (non-hydrogen) atoms. The second-order valence-corrected chi connectivity index (χ2v) is 6.21. The number of benzene rings is 1. The number of ether oxygens (including phenoxy) is 1. The van der Waals surface area contributed by atoms with Crippen molar-refractivity contribution in [3.63, 3.8) is 0 Å².